The number of carboxylic acids is 1. The molecule has 4 rings (SSSR count). The third-order valence-corrected chi connectivity index (χ3v) is 7.23. The van der Waals surface area contributed by atoms with Gasteiger partial charge in [-0.2, -0.15) is 0 Å². The SMILES string of the molecule is [2H]C([2H])([2H])C([2H])([2H])Oc1ccc(Cc2cc([C@@H]3O[C@H](CO)[C@@H](O)[C@H](O)[C@H]3O[C@@H]3O[C@H](C(=O)O)[C@@H](O)[C@H](O)[C@H]3O)ccc2Cl)cc1. The highest BCUT2D eigenvalue weighted by molar-refractivity contribution is 6.31. The van der Waals surface area contributed by atoms with Gasteiger partial charge in [0.25, 0.3) is 0 Å². The van der Waals surface area contributed by atoms with E-state index < -0.39 is 87.2 Å². The molecule has 2 heterocycles. The first kappa shape index (κ1) is 24.3. The average Bonchev–Trinajstić information content (AvgIpc) is 2.97. The van der Waals surface area contributed by atoms with Crippen molar-refractivity contribution in [1.29, 1.82) is 0 Å². The van der Waals surface area contributed by atoms with E-state index in [2.05, 4.69) is 0 Å². The maximum absolute atomic E-state index is 11.5. The lowest BCUT2D eigenvalue weighted by Gasteiger charge is -2.46. The van der Waals surface area contributed by atoms with Crippen LogP contribution in [0.2, 0.25) is 5.02 Å². The van der Waals surface area contributed by atoms with Gasteiger partial charge in [0.05, 0.1) is 15.9 Å². The maximum Gasteiger partial charge on any atom is 0.335 e. The van der Waals surface area contributed by atoms with Crippen LogP contribution in [0, 0.1) is 0 Å². The van der Waals surface area contributed by atoms with E-state index in [4.69, 9.17) is 37.4 Å². The second kappa shape index (κ2) is 13.1. The fraction of sp³-hybridized carbons (Fsp3) is 0.519. The van der Waals surface area contributed by atoms with Gasteiger partial charge in [-0.1, -0.05) is 35.9 Å². The zero-order valence-corrected chi connectivity index (χ0v) is 21.5. The number of aliphatic hydroxyl groups excluding tert-OH is 6. The number of ether oxygens (including phenoxy) is 4. The summed E-state index contributed by atoms with van der Waals surface area (Å²) in [7, 11) is 0. The van der Waals surface area contributed by atoms with Crippen molar-refractivity contribution in [1.82, 2.24) is 0 Å². The molecule has 2 aromatic carbocycles. The Balaban J connectivity index is 1.60. The maximum atomic E-state index is 11.5. The summed E-state index contributed by atoms with van der Waals surface area (Å²) in [6.07, 6.45) is -17.2. The van der Waals surface area contributed by atoms with Crippen LogP contribution in [-0.4, -0.2) is 110 Å². The van der Waals surface area contributed by atoms with Crippen molar-refractivity contribution in [2.75, 3.05) is 13.2 Å². The highest BCUT2D eigenvalue weighted by atomic mass is 35.5. The minimum Gasteiger partial charge on any atom is -0.494 e. The van der Waals surface area contributed by atoms with Crippen LogP contribution >= 0.6 is 11.6 Å². The van der Waals surface area contributed by atoms with Gasteiger partial charge in [0.1, 0.15) is 54.6 Å². The van der Waals surface area contributed by atoms with E-state index in [9.17, 15) is 40.5 Å². The van der Waals surface area contributed by atoms with Gasteiger partial charge in [-0.3, -0.25) is 0 Å². The van der Waals surface area contributed by atoms with Crippen LogP contribution in [0.15, 0.2) is 42.5 Å². The molecular formula is C27H33ClO12. The van der Waals surface area contributed by atoms with Crippen molar-refractivity contribution >= 4 is 17.6 Å². The van der Waals surface area contributed by atoms with E-state index in [1.54, 1.807) is 18.2 Å². The summed E-state index contributed by atoms with van der Waals surface area (Å²) in [6.45, 7) is -6.63. The lowest BCUT2D eigenvalue weighted by Crippen LogP contribution is -2.63. The van der Waals surface area contributed by atoms with Crippen LogP contribution < -0.4 is 4.74 Å². The predicted octanol–water partition coefficient (Wildman–Crippen LogP) is -0.239. The molecular weight excluding hydrogens is 552 g/mol. The molecule has 220 valence electrons. The predicted molar refractivity (Wildman–Crippen MR) is 138 cm³/mol. The summed E-state index contributed by atoms with van der Waals surface area (Å²) in [5.74, 6) is -1.68. The second-order valence-electron chi connectivity index (χ2n) is 9.47. The monoisotopic (exact) mass is 589 g/mol. The Bertz CT molecular complexity index is 1330. The highest BCUT2D eigenvalue weighted by Crippen LogP contribution is 2.38. The quantitative estimate of drug-likeness (QED) is 0.203. The Morgan fingerprint density at radius 2 is 1.73 bits per heavy atom. The molecule has 0 spiro atoms. The standard InChI is InChI=1S/C27H33ClO12/c1-2-37-15-6-3-12(4-7-15)9-14-10-13(5-8-16(14)28)23-24(20(32)18(30)17(11-29)38-23)39-27-22(34)19(31)21(33)25(40-27)26(35)36/h3-8,10,17-25,27,29-34H,2,9,11H2,1H3,(H,35,36)/t17-,18-,19+,20+,21+,22-,23+,24-,25+,27-/m1/s1/i1D3,2D2. The number of benzene rings is 2. The van der Waals surface area contributed by atoms with Crippen LogP contribution in [-0.2, 0) is 25.4 Å². The number of rotatable bonds is 9. The van der Waals surface area contributed by atoms with Gasteiger partial charge in [0.15, 0.2) is 12.4 Å². The van der Waals surface area contributed by atoms with E-state index in [1.807, 2.05) is 0 Å². The van der Waals surface area contributed by atoms with Crippen LogP contribution in [0.3, 0.4) is 0 Å². The fourth-order valence-electron chi connectivity index (χ4n) is 4.69. The largest absolute Gasteiger partial charge is 0.494 e. The van der Waals surface area contributed by atoms with Gasteiger partial charge in [-0.15, -0.1) is 0 Å². The molecule has 0 saturated carbocycles. The topological polar surface area (TPSA) is 196 Å². The van der Waals surface area contributed by atoms with Crippen LogP contribution in [0.1, 0.15) is 36.5 Å². The molecule has 0 aromatic heterocycles. The summed E-state index contributed by atoms with van der Waals surface area (Å²) in [4.78, 5) is 11.5. The van der Waals surface area contributed by atoms with E-state index in [-0.39, 0.29) is 12.2 Å². The van der Waals surface area contributed by atoms with Crippen LogP contribution in [0.25, 0.3) is 0 Å². The molecule has 40 heavy (non-hydrogen) atoms. The highest BCUT2D eigenvalue weighted by Gasteiger charge is 2.52. The summed E-state index contributed by atoms with van der Waals surface area (Å²) >= 11 is 6.45. The zero-order valence-electron chi connectivity index (χ0n) is 25.8. The van der Waals surface area contributed by atoms with Gasteiger partial charge in [-0.05, 0) is 48.2 Å². The van der Waals surface area contributed by atoms with Crippen molar-refractivity contribution in [3.05, 3.63) is 64.2 Å². The molecule has 0 aliphatic carbocycles. The normalized spacial score (nSPS) is 36.9. The minimum absolute atomic E-state index is 0.0206. The van der Waals surface area contributed by atoms with E-state index >= 15 is 0 Å². The number of hydrogen-bond donors (Lipinski definition) is 7. The first-order valence-electron chi connectivity index (χ1n) is 14.7. The van der Waals surface area contributed by atoms with E-state index in [0.29, 0.717) is 21.7 Å². The van der Waals surface area contributed by atoms with Crippen molar-refractivity contribution in [3.8, 4) is 5.75 Å². The van der Waals surface area contributed by atoms with E-state index in [1.165, 1.54) is 24.3 Å². The molecule has 2 aliphatic heterocycles. The number of carboxylic acid groups (broad SMARTS) is 1. The summed E-state index contributed by atoms with van der Waals surface area (Å²) < 4.78 is 58.9. The van der Waals surface area contributed by atoms with Gasteiger partial charge < -0.3 is 54.7 Å². The van der Waals surface area contributed by atoms with Crippen LogP contribution in [0.5, 0.6) is 5.75 Å². The molecule has 0 unspecified atom stereocenters. The fourth-order valence-corrected chi connectivity index (χ4v) is 4.88. The molecule has 2 aliphatic rings. The molecule has 0 radical (unpaired) electrons. The summed E-state index contributed by atoms with van der Waals surface area (Å²) in [5.41, 5.74) is 1.49. The van der Waals surface area contributed by atoms with Gasteiger partial charge in [0, 0.05) is 9.13 Å². The molecule has 2 saturated heterocycles. The number of hydrogen-bond acceptors (Lipinski definition) is 11. The van der Waals surface area contributed by atoms with Crippen molar-refractivity contribution in [3.63, 3.8) is 0 Å². The second-order valence-corrected chi connectivity index (χ2v) is 9.88. The molecule has 7 N–H and O–H groups in total. The zero-order chi connectivity index (χ0) is 33.4. The molecule has 0 bridgehead atoms. The van der Waals surface area contributed by atoms with E-state index in [0.717, 1.165) is 0 Å². The lowest BCUT2D eigenvalue weighted by atomic mass is 9.89. The first-order valence-corrected chi connectivity index (χ1v) is 12.6. The van der Waals surface area contributed by atoms with Gasteiger partial charge >= 0.3 is 5.97 Å². The van der Waals surface area contributed by atoms with Gasteiger partial charge in [-0.25, -0.2) is 4.79 Å². The van der Waals surface area contributed by atoms with Gasteiger partial charge in [0.2, 0.25) is 0 Å². The third-order valence-electron chi connectivity index (χ3n) is 6.86. The molecule has 0 amide bonds. The molecule has 2 aromatic rings. The first-order chi connectivity index (χ1) is 20.9. The number of halogens is 1. The minimum atomic E-state index is -3.01. The van der Waals surface area contributed by atoms with Crippen molar-refractivity contribution < 1.29 is 66.3 Å². The average molecular weight is 590 g/mol. The third kappa shape index (κ3) is 6.42. The number of aliphatic hydroxyl groups is 6. The lowest BCUT2D eigenvalue weighted by molar-refractivity contribution is -0.337. The Morgan fingerprint density at radius 3 is 2.38 bits per heavy atom. The molecule has 2 fully saturated rings. The molecule has 13 heteroatoms. The molecule has 10 atom stereocenters. The van der Waals surface area contributed by atoms with Crippen LogP contribution in [0.4, 0.5) is 0 Å². The Labute approximate surface area is 241 Å². The Kier molecular flexibility index (Phi) is 7.94. The number of carbonyl (C=O) groups is 1. The molecule has 12 nitrogen and oxygen atoms in total. The summed E-state index contributed by atoms with van der Waals surface area (Å²) in [5, 5.41) is 71.6. The summed E-state index contributed by atoms with van der Waals surface area (Å²) in [6, 6.07) is 10.5. The number of aliphatic carboxylic acids is 1. The Hall–Kier alpha value is -2.36. The van der Waals surface area contributed by atoms with Crippen molar-refractivity contribution in [2.45, 2.75) is 74.5 Å². The smallest absolute Gasteiger partial charge is 0.335 e. The Morgan fingerprint density at radius 1 is 1.00 bits per heavy atom. The van der Waals surface area contributed by atoms with Crippen molar-refractivity contribution in [2.24, 2.45) is 0 Å².